The number of rotatable bonds is 26. The van der Waals surface area contributed by atoms with Gasteiger partial charge >= 0.3 is 12.2 Å². The summed E-state index contributed by atoms with van der Waals surface area (Å²) in [6.45, 7) is 7.21. The first-order chi connectivity index (χ1) is 42.4. The van der Waals surface area contributed by atoms with Gasteiger partial charge in [-0.2, -0.15) is 0 Å². The number of likely N-dealkylation sites (tertiary alicyclic amines) is 4. The lowest BCUT2D eigenvalue weighted by Crippen LogP contribution is -2.59. The van der Waals surface area contributed by atoms with Crippen molar-refractivity contribution in [2.45, 2.75) is 127 Å². The summed E-state index contributed by atoms with van der Waals surface area (Å²) in [4.78, 5) is 90.5. The molecule has 6 amide bonds. The second kappa shape index (κ2) is 31.3. The second-order valence-corrected chi connectivity index (χ2v) is 22.5. The standard InChI is InChI=1S/C64H78F4N8O12/c1-39(69-5)59(77)71-55(61(79)73-27-25-53-57(73)45(37-85-47-21-23-49(65)51(67)31-47)33-75(53)63(81)87-35-43-17-11-9-12-18-43)41(3)83-29-15-7-8-16-30-84-42(4)56(72-60(78)40(2)70-6)62(80)74-28-26-54-58(74)46(38-86-48-22-24-50(66)52(68)32-48)34-76(54)64(82)88-36-44-19-13-10-14-20-44/h9-14,17-24,31-32,39-42,45-46,53-58,69-70H,7,15,25-30,33-38H2,1-6H3,(H,71,77)(H,72,78). The zero-order valence-electron chi connectivity index (χ0n) is 50.3. The normalized spacial score (nSPS) is 21.4. The first kappa shape index (κ1) is 66.0. The number of halogens is 4. The van der Waals surface area contributed by atoms with Gasteiger partial charge in [0.2, 0.25) is 23.6 Å². The van der Waals surface area contributed by atoms with Gasteiger partial charge in [0.1, 0.15) is 43.4 Å². The number of nitrogens with zero attached hydrogens (tertiary/aromatic N) is 4. The van der Waals surface area contributed by atoms with Crippen molar-refractivity contribution in [3.05, 3.63) is 131 Å². The minimum absolute atomic E-state index is 0.0169. The Morgan fingerprint density at radius 3 is 1.41 bits per heavy atom. The minimum Gasteiger partial charge on any atom is -0.493 e. The van der Waals surface area contributed by atoms with Crippen LogP contribution in [0.2, 0.25) is 0 Å². The number of hydrogen-bond donors (Lipinski definition) is 4. The van der Waals surface area contributed by atoms with E-state index >= 15 is 0 Å². The van der Waals surface area contributed by atoms with Crippen LogP contribution in [0.5, 0.6) is 11.5 Å². The molecule has 8 rings (SSSR count). The summed E-state index contributed by atoms with van der Waals surface area (Å²) in [5, 5.41) is 11.5. The van der Waals surface area contributed by atoms with E-state index in [4.69, 9.17) is 28.4 Å². The number of amides is 6. The van der Waals surface area contributed by atoms with Gasteiger partial charge < -0.3 is 69.3 Å². The molecule has 4 aliphatic heterocycles. The predicted molar refractivity (Wildman–Crippen MR) is 314 cm³/mol. The maximum Gasteiger partial charge on any atom is 0.410 e. The molecular formula is C64H78F4N8O12. The van der Waals surface area contributed by atoms with Gasteiger partial charge in [0.25, 0.3) is 0 Å². The minimum atomic E-state index is -1.20. The number of nitrogens with one attached hydrogen (secondary N) is 4. The average molecular weight is 1230 g/mol. The van der Waals surface area contributed by atoms with Crippen molar-refractivity contribution in [2.75, 3.05) is 66.7 Å². The van der Waals surface area contributed by atoms with Crippen LogP contribution in [-0.2, 0) is 51.3 Å². The monoisotopic (exact) mass is 1230 g/mol. The molecule has 4 fully saturated rings. The molecule has 0 bridgehead atoms. The highest BCUT2D eigenvalue weighted by molar-refractivity contribution is 5.91. The molecule has 474 valence electrons. The lowest BCUT2D eigenvalue weighted by Gasteiger charge is -2.34. The highest BCUT2D eigenvalue weighted by Crippen LogP contribution is 2.39. The van der Waals surface area contributed by atoms with Crippen molar-refractivity contribution < 1.29 is 74.8 Å². The Morgan fingerprint density at radius 1 is 0.557 bits per heavy atom. The number of likely N-dealkylation sites (N-methyl/N-ethyl adjacent to an activating group) is 2. The van der Waals surface area contributed by atoms with Gasteiger partial charge in [0.15, 0.2) is 23.3 Å². The maximum absolute atomic E-state index is 14.9. The first-order valence-corrected chi connectivity index (χ1v) is 29.7. The molecule has 4 heterocycles. The summed E-state index contributed by atoms with van der Waals surface area (Å²) >= 11 is 0. The SMILES string of the molecule is CNC(C)C(=O)NC(C(=O)N1CCC2C1C(COc1ccc(F)c(F)c1)CN2C(=O)OCc1ccccc1)C(C)OCC#CCCCOC(C)C(NC(=O)C(C)NC)C(=O)N1CCC2C1C(COc1ccc(F)c(F)c1)CN2C(=O)OCc1ccccc1. The van der Waals surface area contributed by atoms with E-state index in [1.54, 1.807) is 61.4 Å². The average Bonchev–Trinajstić information content (AvgIpc) is 3.01. The van der Waals surface area contributed by atoms with Crippen LogP contribution in [0, 0.1) is 46.9 Å². The Balaban J connectivity index is 0.893. The fraction of sp³-hybridized carbons (Fsp3) is 0.500. The molecule has 0 aromatic heterocycles. The van der Waals surface area contributed by atoms with Crippen LogP contribution in [0.4, 0.5) is 27.2 Å². The maximum atomic E-state index is 14.9. The molecule has 12 unspecified atom stereocenters. The molecule has 12 atom stereocenters. The number of carbonyl (C=O) groups excluding carboxylic acids is 6. The van der Waals surface area contributed by atoms with Crippen LogP contribution in [0.25, 0.3) is 0 Å². The predicted octanol–water partition coefficient (Wildman–Crippen LogP) is 5.96. The van der Waals surface area contributed by atoms with E-state index in [-0.39, 0.29) is 77.3 Å². The lowest BCUT2D eigenvalue weighted by atomic mass is 9.99. The number of carbonyl (C=O) groups is 6. The van der Waals surface area contributed by atoms with Gasteiger partial charge in [-0.1, -0.05) is 66.6 Å². The summed E-state index contributed by atoms with van der Waals surface area (Å²) < 4.78 is 91.9. The third kappa shape index (κ3) is 16.6. The Bertz CT molecular complexity index is 3110. The highest BCUT2D eigenvalue weighted by Gasteiger charge is 2.55. The van der Waals surface area contributed by atoms with Crippen LogP contribution in [0.15, 0.2) is 97.1 Å². The van der Waals surface area contributed by atoms with Crippen molar-refractivity contribution >= 4 is 35.8 Å². The smallest absolute Gasteiger partial charge is 0.410 e. The molecule has 4 saturated heterocycles. The summed E-state index contributed by atoms with van der Waals surface area (Å²) in [6, 6.07) is 18.8. The van der Waals surface area contributed by atoms with E-state index in [0.717, 1.165) is 35.4 Å². The molecule has 0 spiro atoms. The molecule has 4 aliphatic rings. The molecule has 88 heavy (non-hydrogen) atoms. The van der Waals surface area contributed by atoms with Crippen molar-refractivity contribution in [1.29, 1.82) is 0 Å². The molecule has 0 radical (unpaired) electrons. The molecule has 20 nitrogen and oxygen atoms in total. The van der Waals surface area contributed by atoms with E-state index in [1.165, 1.54) is 12.1 Å². The molecule has 4 aromatic rings. The van der Waals surface area contributed by atoms with Crippen LogP contribution in [0.3, 0.4) is 0 Å². The highest BCUT2D eigenvalue weighted by atomic mass is 19.2. The van der Waals surface area contributed by atoms with E-state index in [2.05, 4.69) is 33.1 Å². The van der Waals surface area contributed by atoms with Crippen molar-refractivity contribution in [2.24, 2.45) is 11.8 Å². The number of benzene rings is 4. The van der Waals surface area contributed by atoms with E-state index in [1.807, 2.05) is 60.7 Å². The van der Waals surface area contributed by atoms with Crippen molar-refractivity contribution in [3.8, 4) is 23.3 Å². The molecule has 0 aliphatic carbocycles. The quantitative estimate of drug-likeness (QED) is 0.0324. The zero-order valence-corrected chi connectivity index (χ0v) is 50.3. The van der Waals surface area contributed by atoms with Crippen LogP contribution >= 0.6 is 0 Å². The summed E-state index contributed by atoms with van der Waals surface area (Å²) in [7, 11) is 3.22. The number of hydrogen-bond acceptors (Lipinski definition) is 14. The van der Waals surface area contributed by atoms with Gasteiger partial charge in [0.05, 0.1) is 61.7 Å². The van der Waals surface area contributed by atoms with Crippen LogP contribution < -0.4 is 30.7 Å². The first-order valence-electron chi connectivity index (χ1n) is 29.7. The van der Waals surface area contributed by atoms with Gasteiger partial charge in [-0.15, -0.1) is 5.92 Å². The Kier molecular flexibility index (Phi) is 23.4. The molecule has 24 heteroatoms. The summed E-state index contributed by atoms with van der Waals surface area (Å²) in [5.41, 5.74) is 1.57. The van der Waals surface area contributed by atoms with Crippen molar-refractivity contribution in [3.63, 3.8) is 0 Å². The van der Waals surface area contributed by atoms with Gasteiger partial charge in [-0.25, -0.2) is 27.2 Å². The van der Waals surface area contributed by atoms with Crippen LogP contribution in [0.1, 0.15) is 64.5 Å². The number of fused-ring (bicyclic) bond motifs is 2. The van der Waals surface area contributed by atoms with Gasteiger partial charge in [0, 0.05) is 63.2 Å². The topological polar surface area (TPSA) is 219 Å². The summed E-state index contributed by atoms with van der Waals surface area (Å²) in [6.07, 6.45) is -1.44. The Labute approximate surface area is 510 Å². The molecule has 4 aromatic carbocycles. The van der Waals surface area contributed by atoms with Gasteiger partial charge in [-0.3, -0.25) is 19.2 Å². The van der Waals surface area contributed by atoms with E-state index < -0.39 is 131 Å². The Morgan fingerprint density at radius 2 is 0.989 bits per heavy atom. The molecular weight excluding hydrogens is 1150 g/mol. The fourth-order valence-electron chi connectivity index (χ4n) is 11.7. The van der Waals surface area contributed by atoms with Crippen LogP contribution in [-0.4, -0.2) is 183 Å². The largest absolute Gasteiger partial charge is 0.493 e. The van der Waals surface area contributed by atoms with Gasteiger partial charge in [-0.05, 0) is 96.4 Å². The van der Waals surface area contributed by atoms with E-state index in [9.17, 15) is 46.3 Å². The zero-order chi connectivity index (χ0) is 63.0. The van der Waals surface area contributed by atoms with E-state index in [0.29, 0.717) is 25.7 Å². The third-order valence-corrected chi connectivity index (χ3v) is 16.7. The van der Waals surface area contributed by atoms with Crippen molar-refractivity contribution in [1.82, 2.24) is 40.9 Å². The number of ether oxygens (including phenoxy) is 6. The third-order valence-electron chi connectivity index (χ3n) is 16.7. The molecule has 0 saturated carbocycles. The summed E-state index contributed by atoms with van der Waals surface area (Å²) in [5.74, 6) is -0.952. The second-order valence-electron chi connectivity index (χ2n) is 22.5. The lowest BCUT2D eigenvalue weighted by molar-refractivity contribution is -0.142. The Hall–Kier alpha value is -7.98. The number of unbranched alkanes of at least 4 members (excludes halogenated alkanes) is 1. The molecule has 4 N–H and O–H groups in total. The fourth-order valence-corrected chi connectivity index (χ4v) is 11.7.